The summed E-state index contributed by atoms with van der Waals surface area (Å²) >= 11 is 5.75. The maximum atomic E-state index is 17.3. The molecule has 0 aliphatic heterocycles. The fraction of sp³-hybridized carbons (Fsp3) is 0.731. The summed E-state index contributed by atoms with van der Waals surface area (Å²) < 4.78 is 33.6. The van der Waals surface area contributed by atoms with E-state index in [1.165, 1.54) is 12.2 Å². The van der Waals surface area contributed by atoms with E-state index in [1.807, 2.05) is 0 Å². The number of alkyl halides is 2. The molecule has 4 aliphatic rings. The molecule has 0 aromatic carbocycles. The maximum Gasteiger partial charge on any atom is 0.509 e. The predicted octanol–water partition coefficient (Wildman–Crippen LogP) is 4.30. The average molecular weight is 513 g/mol. The lowest BCUT2D eigenvalue weighted by Crippen LogP contribution is -2.70. The van der Waals surface area contributed by atoms with Crippen molar-refractivity contribution in [3.63, 3.8) is 0 Å². The predicted molar refractivity (Wildman–Crippen MR) is 125 cm³/mol. The highest BCUT2D eigenvalue weighted by atomic mass is 35.5. The lowest BCUT2D eigenvalue weighted by molar-refractivity contribution is -0.230. The Morgan fingerprint density at radius 3 is 2.63 bits per heavy atom. The van der Waals surface area contributed by atoms with E-state index in [-0.39, 0.29) is 31.3 Å². The van der Waals surface area contributed by atoms with Crippen molar-refractivity contribution in [2.24, 2.45) is 28.6 Å². The number of carbonyl (C=O) groups excluding carboxylic acids is 3. The Balaban J connectivity index is 1.81. The van der Waals surface area contributed by atoms with Crippen LogP contribution in [0, 0.1) is 28.6 Å². The van der Waals surface area contributed by atoms with Gasteiger partial charge >= 0.3 is 12.1 Å². The molecule has 0 unspecified atom stereocenters. The minimum atomic E-state index is -2.06. The molecule has 0 aromatic rings. The van der Waals surface area contributed by atoms with Crippen molar-refractivity contribution in [1.29, 1.82) is 0 Å². The van der Waals surface area contributed by atoms with Crippen molar-refractivity contribution in [2.75, 3.05) is 19.1 Å². The molecular weight excluding hydrogens is 479 g/mol. The van der Waals surface area contributed by atoms with Gasteiger partial charge in [0.25, 0.3) is 0 Å². The number of esters is 1. The van der Waals surface area contributed by atoms with Gasteiger partial charge in [-0.15, -0.1) is 11.6 Å². The number of carbonyl (C=O) groups is 3. The lowest BCUT2D eigenvalue weighted by atomic mass is 9.44. The largest absolute Gasteiger partial charge is 0.509 e. The van der Waals surface area contributed by atoms with Crippen molar-refractivity contribution in [2.45, 2.75) is 70.8 Å². The number of rotatable bonds is 5. The first-order valence-electron chi connectivity index (χ1n) is 12.3. The van der Waals surface area contributed by atoms with Gasteiger partial charge < -0.3 is 19.3 Å². The molecule has 0 bridgehead atoms. The monoisotopic (exact) mass is 512 g/mol. The summed E-state index contributed by atoms with van der Waals surface area (Å²) in [5.41, 5.74) is -5.42. The minimum Gasteiger partial charge on any atom is -0.461 e. The first-order chi connectivity index (χ1) is 16.4. The van der Waals surface area contributed by atoms with Crippen molar-refractivity contribution < 1.29 is 38.1 Å². The van der Waals surface area contributed by atoms with Crippen molar-refractivity contribution in [3.8, 4) is 0 Å². The number of aliphatic hydroxyl groups is 1. The van der Waals surface area contributed by atoms with E-state index in [9.17, 15) is 19.5 Å². The van der Waals surface area contributed by atoms with Crippen LogP contribution in [0.4, 0.5) is 9.18 Å². The summed E-state index contributed by atoms with van der Waals surface area (Å²) in [6, 6.07) is 0. The first kappa shape index (κ1) is 26.1. The van der Waals surface area contributed by atoms with Gasteiger partial charge in [-0.2, -0.15) is 0 Å². The normalized spacial score (nSPS) is 44.0. The summed E-state index contributed by atoms with van der Waals surface area (Å²) in [6.45, 7) is 6.89. The van der Waals surface area contributed by atoms with Crippen LogP contribution in [0.25, 0.3) is 0 Å². The second-order valence-electron chi connectivity index (χ2n) is 10.7. The second kappa shape index (κ2) is 8.87. The molecule has 9 heteroatoms. The average Bonchev–Trinajstić information content (AvgIpc) is 3.01. The van der Waals surface area contributed by atoms with Crippen molar-refractivity contribution in [3.05, 3.63) is 23.8 Å². The van der Waals surface area contributed by atoms with E-state index in [0.29, 0.717) is 24.8 Å². The molecule has 7 nitrogen and oxygen atoms in total. The van der Waals surface area contributed by atoms with E-state index in [1.54, 1.807) is 33.8 Å². The highest BCUT2D eigenvalue weighted by Crippen LogP contribution is 2.71. The van der Waals surface area contributed by atoms with Crippen molar-refractivity contribution in [1.82, 2.24) is 0 Å². The zero-order valence-corrected chi connectivity index (χ0v) is 21.4. The molecule has 0 aromatic heterocycles. The lowest BCUT2D eigenvalue weighted by Gasteiger charge is -2.62. The number of hydrogen-bond donors (Lipinski definition) is 1. The van der Waals surface area contributed by atoms with Gasteiger partial charge in [-0.05, 0) is 57.6 Å². The Bertz CT molecular complexity index is 981. The molecule has 3 fully saturated rings. The molecule has 35 heavy (non-hydrogen) atoms. The smallest absolute Gasteiger partial charge is 0.461 e. The minimum absolute atomic E-state index is 0.0531. The Morgan fingerprint density at radius 2 is 1.97 bits per heavy atom. The zero-order chi connectivity index (χ0) is 25.8. The highest BCUT2D eigenvalue weighted by Gasteiger charge is 2.78. The third-order valence-corrected chi connectivity index (χ3v) is 9.46. The summed E-state index contributed by atoms with van der Waals surface area (Å²) in [5, 5.41) is 11.5. The third-order valence-electron chi connectivity index (χ3n) is 9.30. The van der Waals surface area contributed by atoms with E-state index in [2.05, 4.69) is 0 Å². The zero-order valence-electron chi connectivity index (χ0n) is 20.6. The number of ketones is 1. The Kier molecular flexibility index (Phi) is 6.63. The van der Waals surface area contributed by atoms with Gasteiger partial charge in [0.1, 0.15) is 6.61 Å². The SMILES string of the molecule is CCOC(=O)O[C@]1(C(=O)OCCCl)[C@H](C)C[C@H]2[C@@H]3CCC4=CC(=O)C=C[C@]4(C)[C@@]3(F)[C@@H](O)C[C@@]21C. The summed E-state index contributed by atoms with van der Waals surface area (Å²) in [4.78, 5) is 38.2. The number of halogens is 2. The molecule has 3 saturated carbocycles. The summed E-state index contributed by atoms with van der Waals surface area (Å²) in [6.07, 6.45) is 3.10. The van der Waals surface area contributed by atoms with Crippen LogP contribution in [0.3, 0.4) is 0 Å². The number of fused-ring (bicyclic) bond motifs is 5. The van der Waals surface area contributed by atoms with Crippen molar-refractivity contribution >= 4 is 29.5 Å². The van der Waals surface area contributed by atoms with E-state index in [0.717, 1.165) is 0 Å². The molecule has 0 heterocycles. The number of hydrogen-bond acceptors (Lipinski definition) is 7. The van der Waals surface area contributed by atoms with Gasteiger partial charge in [-0.1, -0.05) is 25.5 Å². The van der Waals surface area contributed by atoms with Gasteiger partial charge in [-0.25, -0.2) is 14.0 Å². The summed E-state index contributed by atoms with van der Waals surface area (Å²) in [7, 11) is 0. The molecule has 194 valence electrons. The molecule has 0 amide bonds. The Labute approximate surface area is 210 Å². The molecule has 8 atom stereocenters. The fourth-order valence-electron chi connectivity index (χ4n) is 7.74. The van der Waals surface area contributed by atoms with Crippen LogP contribution in [0.5, 0.6) is 0 Å². The molecule has 4 rings (SSSR count). The van der Waals surface area contributed by atoms with Crippen LogP contribution in [0.2, 0.25) is 0 Å². The second-order valence-corrected chi connectivity index (χ2v) is 11.1. The van der Waals surface area contributed by atoms with Gasteiger partial charge in [0.05, 0.1) is 18.6 Å². The van der Waals surface area contributed by atoms with E-state index < -0.39 is 58.1 Å². The number of ether oxygens (including phenoxy) is 3. The van der Waals surface area contributed by atoms with Gasteiger partial charge in [-0.3, -0.25) is 4.79 Å². The van der Waals surface area contributed by atoms with Gasteiger partial charge in [0.15, 0.2) is 11.5 Å². The van der Waals surface area contributed by atoms with Crippen LogP contribution >= 0.6 is 11.6 Å². The molecule has 0 radical (unpaired) electrons. The van der Waals surface area contributed by atoms with Crippen LogP contribution in [0.15, 0.2) is 23.8 Å². The molecule has 0 spiro atoms. The standard InChI is InChI=1S/C26H34ClFO7/c1-5-33-22(32)35-26(21(31)34-11-10-27)15(2)12-19-18-7-6-16-13-17(29)8-9-23(16,3)25(18,28)20(30)14-24(19,26)4/h8-9,13,15,18-20,30H,5-7,10-12,14H2,1-4H3/t15-,18+,19+,20+,23+,24+,25+,26+/m1/s1. The molecular formula is C26H34ClFO7. The fourth-order valence-corrected chi connectivity index (χ4v) is 7.82. The number of aliphatic hydroxyl groups excluding tert-OH is 1. The molecule has 1 N–H and O–H groups in total. The molecule has 4 aliphatic carbocycles. The van der Waals surface area contributed by atoms with E-state index in [4.69, 9.17) is 25.8 Å². The van der Waals surface area contributed by atoms with E-state index >= 15 is 4.39 Å². The first-order valence-corrected chi connectivity index (χ1v) is 12.9. The topological polar surface area (TPSA) is 99.1 Å². The van der Waals surface area contributed by atoms with Gasteiger partial charge in [0.2, 0.25) is 5.60 Å². The van der Waals surface area contributed by atoms with Crippen LogP contribution < -0.4 is 0 Å². The third kappa shape index (κ3) is 3.42. The Hall–Kier alpha value is -1.93. The quantitative estimate of drug-likeness (QED) is 0.433. The molecule has 0 saturated heterocycles. The van der Waals surface area contributed by atoms with Crippen LogP contribution in [0.1, 0.15) is 53.4 Å². The van der Waals surface area contributed by atoms with Crippen LogP contribution in [-0.4, -0.2) is 59.5 Å². The maximum absolute atomic E-state index is 17.3. The van der Waals surface area contributed by atoms with Crippen LogP contribution in [-0.2, 0) is 23.8 Å². The Morgan fingerprint density at radius 1 is 1.26 bits per heavy atom. The van der Waals surface area contributed by atoms with Gasteiger partial charge in [0, 0.05) is 22.7 Å². The summed E-state index contributed by atoms with van der Waals surface area (Å²) in [5.74, 6) is -2.43. The number of allylic oxidation sites excluding steroid dienone is 4. The highest BCUT2D eigenvalue weighted by molar-refractivity contribution is 6.18.